The van der Waals surface area contributed by atoms with Crippen LogP contribution in [0.3, 0.4) is 0 Å². The third kappa shape index (κ3) is 5.79. The molecule has 3 N–H and O–H groups in total. The van der Waals surface area contributed by atoms with Crippen molar-refractivity contribution in [2.24, 2.45) is 5.92 Å². The van der Waals surface area contributed by atoms with Gasteiger partial charge in [0.2, 0.25) is 5.91 Å². The Bertz CT molecular complexity index is 1030. The molecule has 2 aromatic rings. The van der Waals surface area contributed by atoms with Crippen LogP contribution >= 0.6 is 11.8 Å². The molecule has 0 radical (unpaired) electrons. The molecule has 2 unspecified atom stereocenters. The lowest BCUT2D eigenvalue weighted by Crippen LogP contribution is -2.49. The summed E-state index contributed by atoms with van der Waals surface area (Å²) in [6.45, 7) is 0.694. The molecule has 1 saturated heterocycles. The number of amides is 2. The first-order chi connectivity index (χ1) is 17.0. The number of benzene rings is 2. The average Bonchev–Trinajstić information content (AvgIpc) is 3.47. The van der Waals surface area contributed by atoms with E-state index in [1.165, 1.54) is 0 Å². The number of nitrogens with one attached hydrogen (secondary N) is 2. The van der Waals surface area contributed by atoms with Gasteiger partial charge in [0.25, 0.3) is 0 Å². The molecule has 3 atom stereocenters. The highest BCUT2D eigenvalue weighted by Gasteiger charge is 2.35. The van der Waals surface area contributed by atoms with E-state index in [9.17, 15) is 19.5 Å². The topological polar surface area (TPSA) is 114 Å². The quantitative estimate of drug-likeness (QED) is 0.461. The van der Waals surface area contributed by atoms with E-state index in [4.69, 9.17) is 9.47 Å². The third-order valence-corrected chi connectivity index (χ3v) is 7.20. The van der Waals surface area contributed by atoms with Gasteiger partial charge in [-0.05, 0) is 47.1 Å². The Kier molecular flexibility index (Phi) is 8.30. The molecule has 1 heterocycles. The van der Waals surface area contributed by atoms with Gasteiger partial charge in [-0.1, -0.05) is 48.5 Å². The molecule has 35 heavy (non-hydrogen) atoms. The summed E-state index contributed by atoms with van der Waals surface area (Å²) in [4.78, 5) is 36.8. The Hall–Kier alpha value is -3.04. The molecular weight excluding hydrogens is 468 g/mol. The Morgan fingerprint density at radius 1 is 1.11 bits per heavy atom. The molecule has 1 aliphatic carbocycles. The lowest BCUT2D eigenvalue weighted by molar-refractivity contribution is -0.149. The summed E-state index contributed by atoms with van der Waals surface area (Å²) in [6.07, 6.45) is 1.35. The third-order valence-electron chi connectivity index (χ3n) is 6.56. The van der Waals surface area contributed by atoms with E-state index < -0.39 is 24.2 Å². The van der Waals surface area contributed by atoms with Crippen LogP contribution in [0.2, 0.25) is 0 Å². The molecule has 0 bridgehead atoms. The highest BCUT2D eigenvalue weighted by Crippen LogP contribution is 2.44. The number of rotatable bonds is 10. The number of carboxylic acids is 1. The summed E-state index contributed by atoms with van der Waals surface area (Å²) in [7, 11) is 0. The smallest absolute Gasteiger partial charge is 0.407 e. The SMILES string of the molecule is CSCC[C@@H](NC(=O)OCC1c2ccccc2-c2ccccc21)C(=O)NCC1CCOC1C(=O)O. The maximum absolute atomic E-state index is 12.8. The summed E-state index contributed by atoms with van der Waals surface area (Å²) in [5.74, 6) is -1.08. The number of carbonyl (C=O) groups is 3. The first-order valence-electron chi connectivity index (χ1n) is 11.7. The normalized spacial score (nSPS) is 19.5. The number of ether oxygens (including phenoxy) is 2. The number of carboxylic acid groups (broad SMARTS) is 1. The number of thioether (sulfide) groups is 1. The largest absolute Gasteiger partial charge is 0.479 e. The molecular formula is C26H30N2O6S. The predicted octanol–water partition coefficient (Wildman–Crippen LogP) is 3.25. The van der Waals surface area contributed by atoms with Crippen molar-refractivity contribution in [3.05, 3.63) is 59.7 Å². The van der Waals surface area contributed by atoms with E-state index in [0.717, 1.165) is 22.3 Å². The van der Waals surface area contributed by atoms with Gasteiger partial charge in [0.15, 0.2) is 6.10 Å². The molecule has 186 valence electrons. The number of hydrogen-bond acceptors (Lipinski definition) is 6. The molecule has 9 heteroatoms. The zero-order valence-electron chi connectivity index (χ0n) is 19.6. The van der Waals surface area contributed by atoms with Crippen molar-refractivity contribution >= 4 is 29.7 Å². The van der Waals surface area contributed by atoms with Gasteiger partial charge in [-0.2, -0.15) is 11.8 Å². The van der Waals surface area contributed by atoms with Gasteiger partial charge in [0, 0.05) is 25.0 Å². The summed E-state index contributed by atoms with van der Waals surface area (Å²) < 4.78 is 10.8. The lowest BCUT2D eigenvalue weighted by Gasteiger charge is -2.21. The van der Waals surface area contributed by atoms with Crippen LogP contribution in [-0.4, -0.2) is 67.0 Å². The van der Waals surface area contributed by atoms with Crippen molar-refractivity contribution in [2.75, 3.05) is 31.8 Å². The van der Waals surface area contributed by atoms with Crippen molar-refractivity contribution in [1.82, 2.24) is 10.6 Å². The monoisotopic (exact) mass is 498 g/mol. The second kappa shape index (κ2) is 11.6. The number of fused-ring (bicyclic) bond motifs is 3. The summed E-state index contributed by atoms with van der Waals surface area (Å²) in [5.41, 5.74) is 4.52. The highest BCUT2D eigenvalue weighted by molar-refractivity contribution is 7.98. The maximum atomic E-state index is 12.8. The Balaban J connectivity index is 1.35. The zero-order valence-corrected chi connectivity index (χ0v) is 20.4. The fourth-order valence-corrected chi connectivity index (χ4v) is 5.23. The van der Waals surface area contributed by atoms with Gasteiger partial charge in [0.05, 0.1) is 0 Å². The maximum Gasteiger partial charge on any atom is 0.407 e. The molecule has 4 rings (SSSR count). The molecule has 0 saturated carbocycles. The van der Waals surface area contributed by atoms with Crippen LogP contribution in [0.5, 0.6) is 0 Å². The van der Waals surface area contributed by atoms with Crippen LogP contribution in [0.1, 0.15) is 29.9 Å². The number of carbonyl (C=O) groups excluding carboxylic acids is 2. The Labute approximate surface area is 208 Å². The van der Waals surface area contributed by atoms with Gasteiger partial charge in [-0.3, -0.25) is 4.79 Å². The molecule has 2 amide bonds. The number of alkyl carbamates (subject to hydrolysis) is 1. The standard InChI is InChI=1S/C26H30N2O6S/c1-35-13-11-22(24(29)27-14-16-10-12-33-23(16)25(30)31)28-26(32)34-15-21-19-8-4-2-6-17(19)18-7-3-5-9-20(18)21/h2-9,16,21-23H,10-15H2,1H3,(H,27,29)(H,28,32)(H,30,31)/t16?,22-,23?/m1/s1. The summed E-state index contributed by atoms with van der Waals surface area (Å²) in [6, 6.07) is 15.4. The zero-order chi connectivity index (χ0) is 24.8. The van der Waals surface area contributed by atoms with Crippen LogP contribution in [-0.2, 0) is 19.1 Å². The van der Waals surface area contributed by atoms with Crippen LogP contribution in [0.4, 0.5) is 4.79 Å². The van der Waals surface area contributed by atoms with Gasteiger partial charge in [0.1, 0.15) is 12.6 Å². The molecule has 0 aromatic heterocycles. The van der Waals surface area contributed by atoms with E-state index in [0.29, 0.717) is 25.2 Å². The van der Waals surface area contributed by atoms with Crippen molar-refractivity contribution in [3.8, 4) is 11.1 Å². The second-order valence-corrected chi connectivity index (χ2v) is 9.71. The average molecular weight is 499 g/mol. The fourth-order valence-electron chi connectivity index (χ4n) is 4.76. The summed E-state index contributed by atoms with van der Waals surface area (Å²) in [5, 5.41) is 14.7. The second-order valence-electron chi connectivity index (χ2n) is 8.73. The molecule has 8 nitrogen and oxygen atoms in total. The van der Waals surface area contributed by atoms with Crippen molar-refractivity contribution in [2.45, 2.75) is 30.9 Å². The van der Waals surface area contributed by atoms with E-state index in [-0.39, 0.29) is 30.9 Å². The molecule has 1 fully saturated rings. The van der Waals surface area contributed by atoms with Crippen molar-refractivity contribution in [1.29, 1.82) is 0 Å². The summed E-state index contributed by atoms with van der Waals surface area (Å²) >= 11 is 1.57. The van der Waals surface area contributed by atoms with Crippen LogP contribution in [0.15, 0.2) is 48.5 Å². The van der Waals surface area contributed by atoms with Gasteiger partial charge < -0.3 is 25.2 Å². The molecule has 0 spiro atoms. The van der Waals surface area contributed by atoms with Gasteiger partial charge in [-0.15, -0.1) is 0 Å². The van der Waals surface area contributed by atoms with E-state index in [1.54, 1.807) is 11.8 Å². The van der Waals surface area contributed by atoms with Gasteiger partial charge >= 0.3 is 12.1 Å². The highest BCUT2D eigenvalue weighted by atomic mass is 32.2. The van der Waals surface area contributed by atoms with Crippen LogP contribution in [0.25, 0.3) is 11.1 Å². The lowest BCUT2D eigenvalue weighted by atomic mass is 9.98. The van der Waals surface area contributed by atoms with Crippen LogP contribution in [0, 0.1) is 5.92 Å². The van der Waals surface area contributed by atoms with Crippen LogP contribution < -0.4 is 10.6 Å². The van der Waals surface area contributed by atoms with Crippen molar-refractivity contribution < 1.29 is 29.0 Å². The first-order valence-corrected chi connectivity index (χ1v) is 13.1. The van der Waals surface area contributed by atoms with E-state index >= 15 is 0 Å². The number of aliphatic carboxylic acids is 1. The minimum atomic E-state index is -1.03. The minimum Gasteiger partial charge on any atom is -0.479 e. The molecule has 2 aliphatic rings. The Morgan fingerprint density at radius 3 is 2.40 bits per heavy atom. The minimum absolute atomic E-state index is 0.0676. The van der Waals surface area contributed by atoms with Gasteiger partial charge in [-0.25, -0.2) is 9.59 Å². The fraction of sp³-hybridized carbons (Fsp3) is 0.423. The van der Waals surface area contributed by atoms with Crippen molar-refractivity contribution in [3.63, 3.8) is 0 Å². The Morgan fingerprint density at radius 2 is 1.77 bits per heavy atom. The predicted molar refractivity (Wildman–Crippen MR) is 133 cm³/mol. The molecule has 2 aromatic carbocycles. The van der Waals surface area contributed by atoms with E-state index in [1.807, 2.05) is 42.7 Å². The molecule has 1 aliphatic heterocycles. The number of hydrogen-bond donors (Lipinski definition) is 3. The van der Waals surface area contributed by atoms with E-state index in [2.05, 4.69) is 22.8 Å². The first kappa shape index (κ1) is 25.1.